The molecule has 1 atom stereocenters. The summed E-state index contributed by atoms with van der Waals surface area (Å²) in [5.41, 5.74) is 0. The number of rotatable bonds is 6. The molecule has 0 bridgehead atoms. The summed E-state index contributed by atoms with van der Waals surface area (Å²) >= 11 is 0. The summed E-state index contributed by atoms with van der Waals surface area (Å²) in [7, 11) is 0. The Kier molecular flexibility index (Phi) is 5.06. The highest BCUT2D eigenvalue weighted by molar-refractivity contribution is 5.79. The molecule has 7 heteroatoms. The fourth-order valence-electron chi connectivity index (χ4n) is 1.05. The van der Waals surface area contributed by atoms with Crippen molar-refractivity contribution in [3.8, 4) is 5.75 Å². The van der Waals surface area contributed by atoms with Gasteiger partial charge in [0.05, 0.1) is 6.54 Å². The minimum absolute atomic E-state index is 0.0774. The van der Waals surface area contributed by atoms with Crippen molar-refractivity contribution in [3.05, 3.63) is 30.1 Å². The largest absolute Gasteiger partial charge is 0.481 e. The molecule has 0 spiro atoms. The van der Waals surface area contributed by atoms with Crippen LogP contribution in [0.1, 0.15) is 0 Å². The molecule has 1 unspecified atom stereocenters. The number of aliphatic hydroxyl groups is 1. The van der Waals surface area contributed by atoms with Crippen LogP contribution in [0.4, 0.5) is 4.39 Å². The molecule has 98 valence electrons. The number of hydrogen-bond donors (Lipinski definition) is 3. The van der Waals surface area contributed by atoms with Gasteiger partial charge >= 0.3 is 5.97 Å². The van der Waals surface area contributed by atoms with Crippen molar-refractivity contribution < 1.29 is 28.9 Å². The van der Waals surface area contributed by atoms with Crippen molar-refractivity contribution in [2.24, 2.45) is 0 Å². The molecule has 0 aliphatic heterocycles. The number of carbonyl (C=O) groups is 2. The summed E-state index contributed by atoms with van der Waals surface area (Å²) in [5, 5.41) is 19.4. The molecule has 1 aromatic carbocycles. The van der Waals surface area contributed by atoms with Gasteiger partial charge in [0.25, 0.3) is 5.91 Å². The molecule has 0 saturated carbocycles. The number of carbonyl (C=O) groups excluding carboxylic acids is 1. The topological polar surface area (TPSA) is 95.9 Å². The van der Waals surface area contributed by atoms with Crippen LogP contribution in [-0.4, -0.2) is 41.3 Å². The van der Waals surface area contributed by atoms with E-state index < -0.39 is 36.9 Å². The van der Waals surface area contributed by atoms with E-state index in [9.17, 15) is 14.0 Å². The number of para-hydroxylation sites is 1. The number of benzene rings is 1. The van der Waals surface area contributed by atoms with Gasteiger partial charge in [0, 0.05) is 0 Å². The SMILES string of the molecule is O=C(COc1ccccc1F)NCC(O)C(=O)O. The molecule has 0 fully saturated rings. The minimum atomic E-state index is -1.68. The van der Waals surface area contributed by atoms with Crippen molar-refractivity contribution in [1.29, 1.82) is 0 Å². The Morgan fingerprint density at radius 3 is 2.67 bits per heavy atom. The zero-order chi connectivity index (χ0) is 13.5. The van der Waals surface area contributed by atoms with Gasteiger partial charge in [-0.1, -0.05) is 12.1 Å². The van der Waals surface area contributed by atoms with Gasteiger partial charge in [-0.2, -0.15) is 0 Å². The smallest absolute Gasteiger partial charge is 0.334 e. The molecule has 0 aliphatic carbocycles. The van der Waals surface area contributed by atoms with Crippen LogP contribution in [0.2, 0.25) is 0 Å². The van der Waals surface area contributed by atoms with E-state index in [1.165, 1.54) is 18.2 Å². The first-order valence-corrected chi connectivity index (χ1v) is 5.05. The van der Waals surface area contributed by atoms with E-state index in [1.54, 1.807) is 6.07 Å². The Hall–Kier alpha value is -2.15. The van der Waals surface area contributed by atoms with Crippen LogP contribution in [0, 0.1) is 5.82 Å². The van der Waals surface area contributed by atoms with Gasteiger partial charge in [0.1, 0.15) is 0 Å². The molecule has 0 radical (unpaired) electrons. The maximum absolute atomic E-state index is 13.1. The summed E-state index contributed by atoms with van der Waals surface area (Å²) in [6, 6.07) is 5.56. The standard InChI is InChI=1S/C11H12FNO5/c12-7-3-1-2-4-9(7)18-6-10(15)13-5-8(14)11(16)17/h1-4,8,14H,5-6H2,(H,13,15)(H,16,17). The van der Waals surface area contributed by atoms with Gasteiger partial charge in [-0.3, -0.25) is 4.79 Å². The van der Waals surface area contributed by atoms with E-state index in [-0.39, 0.29) is 5.75 Å². The molecule has 1 amide bonds. The molecule has 0 heterocycles. The summed E-state index contributed by atoms with van der Waals surface area (Å²) in [6.07, 6.45) is -1.68. The van der Waals surface area contributed by atoms with Gasteiger partial charge < -0.3 is 20.3 Å². The predicted octanol–water partition coefficient (Wildman–Crippen LogP) is -0.234. The molecule has 0 aliphatic rings. The third-order valence-electron chi connectivity index (χ3n) is 1.97. The molecule has 0 saturated heterocycles. The molecular weight excluding hydrogens is 245 g/mol. The molecule has 6 nitrogen and oxygen atoms in total. The van der Waals surface area contributed by atoms with Crippen LogP contribution in [0.3, 0.4) is 0 Å². The monoisotopic (exact) mass is 257 g/mol. The van der Waals surface area contributed by atoms with Crippen molar-refractivity contribution in [1.82, 2.24) is 5.32 Å². The van der Waals surface area contributed by atoms with Gasteiger partial charge in [0.15, 0.2) is 24.3 Å². The fourth-order valence-corrected chi connectivity index (χ4v) is 1.05. The third kappa shape index (κ3) is 4.38. The summed E-state index contributed by atoms with van der Waals surface area (Å²) < 4.78 is 18.0. The average Bonchev–Trinajstić information content (AvgIpc) is 2.34. The van der Waals surface area contributed by atoms with Crippen LogP contribution < -0.4 is 10.1 Å². The highest BCUT2D eigenvalue weighted by Crippen LogP contribution is 2.14. The van der Waals surface area contributed by atoms with Crippen molar-refractivity contribution >= 4 is 11.9 Å². The number of halogens is 1. The Balaban J connectivity index is 2.34. The quantitative estimate of drug-likeness (QED) is 0.654. The minimum Gasteiger partial charge on any atom is -0.481 e. The molecule has 1 rings (SSSR count). The molecule has 1 aromatic rings. The number of hydrogen-bond acceptors (Lipinski definition) is 4. The second kappa shape index (κ2) is 6.55. The zero-order valence-electron chi connectivity index (χ0n) is 9.30. The Morgan fingerprint density at radius 1 is 1.39 bits per heavy atom. The van der Waals surface area contributed by atoms with E-state index >= 15 is 0 Å². The lowest BCUT2D eigenvalue weighted by Gasteiger charge is -2.09. The van der Waals surface area contributed by atoms with E-state index in [1.807, 2.05) is 0 Å². The summed E-state index contributed by atoms with van der Waals surface area (Å²) in [6.45, 7) is -0.901. The second-order valence-corrected chi connectivity index (χ2v) is 3.38. The molecular formula is C11H12FNO5. The van der Waals surface area contributed by atoms with Crippen LogP contribution in [0.15, 0.2) is 24.3 Å². The highest BCUT2D eigenvalue weighted by atomic mass is 19.1. The Bertz CT molecular complexity index is 437. The van der Waals surface area contributed by atoms with Gasteiger partial charge in [0.2, 0.25) is 0 Å². The van der Waals surface area contributed by atoms with Gasteiger partial charge in [-0.05, 0) is 12.1 Å². The van der Waals surface area contributed by atoms with Gasteiger partial charge in [-0.15, -0.1) is 0 Å². The van der Waals surface area contributed by atoms with E-state index in [4.69, 9.17) is 14.9 Å². The van der Waals surface area contributed by atoms with E-state index in [0.29, 0.717) is 0 Å². The first-order valence-electron chi connectivity index (χ1n) is 5.05. The number of carboxylic acid groups (broad SMARTS) is 1. The number of carboxylic acids is 1. The normalized spacial score (nSPS) is 11.7. The first-order chi connectivity index (χ1) is 8.50. The van der Waals surface area contributed by atoms with Crippen molar-refractivity contribution in [2.75, 3.05) is 13.2 Å². The average molecular weight is 257 g/mol. The second-order valence-electron chi connectivity index (χ2n) is 3.38. The fraction of sp³-hybridized carbons (Fsp3) is 0.273. The lowest BCUT2D eigenvalue weighted by atomic mass is 10.3. The molecule has 18 heavy (non-hydrogen) atoms. The first kappa shape index (κ1) is 13.9. The Morgan fingerprint density at radius 2 is 2.06 bits per heavy atom. The zero-order valence-corrected chi connectivity index (χ0v) is 9.30. The number of aliphatic carboxylic acids is 1. The highest BCUT2D eigenvalue weighted by Gasteiger charge is 2.14. The third-order valence-corrected chi connectivity index (χ3v) is 1.97. The predicted molar refractivity (Wildman–Crippen MR) is 58.5 cm³/mol. The van der Waals surface area contributed by atoms with Crippen LogP contribution in [-0.2, 0) is 9.59 Å². The van der Waals surface area contributed by atoms with Crippen LogP contribution in [0.25, 0.3) is 0 Å². The van der Waals surface area contributed by atoms with Crippen LogP contribution in [0.5, 0.6) is 5.75 Å². The lowest BCUT2D eigenvalue weighted by molar-refractivity contribution is -0.146. The van der Waals surface area contributed by atoms with Crippen molar-refractivity contribution in [3.63, 3.8) is 0 Å². The van der Waals surface area contributed by atoms with Crippen molar-refractivity contribution in [2.45, 2.75) is 6.10 Å². The number of nitrogens with one attached hydrogen (secondary N) is 1. The van der Waals surface area contributed by atoms with E-state index in [0.717, 1.165) is 0 Å². The Labute approximate surface area is 102 Å². The number of aliphatic hydroxyl groups excluding tert-OH is 1. The number of amides is 1. The summed E-state index contributed by atoms with van der Waals surface area (Å²) in [4.78, 5) is 21.4. The lowest BCUT2D eigenvalue weighted by Crippen LogP contribution is -2.38. The molecule has 3 N–H and O–H groups in total. The van der Waals surface area contributed by atoms with Gasteiger partial charge in [-0.25, -0.2) is 9.18 Å². The number of ether oxygens (including phenoxy) is 1. The summed E-state index contributed by atoms with van der Waals surface area (Å²) in [5.74, 6) is -2.77. The van der Waals surface area contributed by atoms with Crippen LogP contribution >= 0.6 is 0 Å². The molecule has 0 aromatic heterocycles. The maximum Gasteiger partial charge on any atom is 0.334 e. The van der Waals surface area contributed by atoms with E-state index in [2.05, 4.69) is 5.32 Å². The maximum atomic E-state index is 13.1.